The second-order valence-corrected chi connectivity index (χ2v) is 10.2. The van der Waals surface area contributed by atoms with Crippen molar-refractivity contribution in [1.29, 1.82) is 0 Å². The number of halogens is 1. The van der Waals surface area contributed by atoms with E-state index in [0.29, 0.717) is 25.2 Å². The van der Waals surface area contributed by atoms with Crippen LogP contribution in [0.2, 0.25) is 5.02 Å². The van der Waals surface area contributed by atoms with E-state index in [1.807, 2.05) is 68.1 Å². The standard InChI is InChI=1S/C25H29ClN4O2/c1-25(2,3)32-24(31)28-14-19-11-12-20(15-28)30(19)16-21-23(17-7-9-18(26)10-8-17)27-22-6-4-5-13-29(21)22/h4-10,13,19-20H,11-12,14-16H2,1-3H3. The average Bonchev–Trinajstić information content (AvgIpc) is 3.20. The summed E-state index contributed by atoms with van der Waals surface area (Å²) in [5.74, 6) is 0. The Kier molecular flexibility index (Phi) is 5.38. The molecule has 5 rings (SSSR count). The van der Waals surface area contributed by atoms with Crippen LogP contribution in [0.3, 0.4) is 0 Å². The second-order valence-electron chi connectivity index (χ2n) is 9.79. The van der Waals surface area contributed by atoms with Crippen LogP contribution < -0.4 is 0 Å². The first-order valence-electron chi connectivity index (χ1n) is 11.2. The van der Waals surface area contributed by atoms with Gasteiger partial charge in [-0.25, -0.2) is 9.78 Å². The molecule has 2 atom stereocenters. The zero-order chi connectivity index (χ0) is 22.5. The summed E-state index contributed by atoms with van der Waals surface area (Å²) in [5.41, 5.74) is 3.68. The third-order valence-corrected chi connectivity index (χ3v) is 6.62. The zero-order valence-corrected chi connectivity index (χ0v) is 19.5. The summed E-state index contributed by atoms with van der Waals surface area (Å²) >= 11 is 6.12. The zero-order valence-electron chi connectivity index (χ0n) is 18.8. The minimum absolute atomic E-state index is 0.203. The molecule has 0 saturated carbocycles. The average molecular weight is 453 g/mol. The molecule has 2 aromatic heterocycles. The molecule has 6 nitrogen and oxygen atoms in total. The first-order valence-corrected chi connectivity index (χ1v) is 11.6. The Morgan fingerprint density at radius 2 is 1.78 bits per heavy atom. The van der Waals surface area contributed by atoms with Gasteiger partial charge < -0.3 is 14.0 Å². The van der Waals surface area contributed by atoms with Crippen LogP contribution in [0.15, 0.2) is 48.7 Å². The van der Waals surface area contributed by atoms with Gasteiger partial charge in [-0.05, 0) is 57.9 Å². The molecule has 0 radical (unpaired) electrons. The third-order valence-electron chi connectivity index (χ3n) is 6.36. The number of piperazine rings is 1. The van der Waals surface area contributed by atoms with Gasteiger partial charge in [-0.15, -0.1) is 0 Å². The molecule has 2 saturated heterocycles. The van der Waals surface area contributed by atoms with Crippen LogP contribution in [-0.2, 0) is 11.3 Å². The summed E-state index contributed by atoms with van der Waals surface area (Å²) in [6, 6.07) is 14.6. The van der Waals surface area contributed by atoms with Crippen molar-refractivity contribution in [1.82, 2.24) is 19.2 Å². The number of carbonyl (C=O) groups excluding carboxylic acids is 1. The number of carbonyl (C=O) groups is 1. The fourth-order valence-electron chi connectivity index (χ4n) is 4.93. The van der Waals surface area contributed by atoms with Crippen molar-refractivity contribution in [3.8, 4) is 11.3 Å². The Hall–Kier alpha value is -2.57. The van der Waals surface area contributed by atoms with Gasteiger partial charge in [-0.3, -0.25) is 4.90 Å². The van der Waals surface area contributed by atoms with Gasteiger partial charge in [0.2, 0.25) is 0 Å². The molecule has 2 fully saturated rings. The largest absolute Gasteiger partial charge is 0.444 e. The molecule has 0 spiro atoms. The molecule has 3 aromatic rings. The molecule has 0 N–H and O–H groups in total. The molecule has 2 unspecified atom stereocenters. The molecule has 4 heterocycles. The molecule has 2 bridgehead atoms. The first kappa shape index (κ1) is 21.3. The topological polar surface area (TPSA) is 50.1 Å². The van der Waals surface area contributed by atoms with Gasteiger partial charge in [0.15, 0.2) is 0 Å². The number of imidazole rings is 1. The molecule has 7 heteroatoms. The molecule has 32 heavy (non-hydrogen) atoms. The highest BCUT2D eigenvalue weighted by Crippen LogP contribution is 2.35. The van der Waals surface area contributed by atoms with Crippen molar-refractivity contribution >= 4 is 23.3 Å². The Labute approximate surface area is 193 Å². The van der Waals surface area contributed by atoms with E-state index in [0.717, 1.165) is 41.3 Å². The van der Waals surface area contributed by atoms with E-state index in [9.17, 15) is 4.79 Å². The molecular formula is C25H29ClN4O2. The number of hydrogen-bond acceptors (Lipinski definition) is 4. The van der Waals surface area contributed by atoms with E-state index in [-0.39, 0.29) is 6.09 Å². The molecule has 0 aliphatic carbocycles. The number of amides is 1. The lowest BCUT2D eigenvalue weighted by molar-refractivity contribution is -0.000339. The second kappa shape index (κ2) is 8.09. The monoisotopic (exact) mass is 452 g/mol. The fourth-order valence-corrected chi connectivity index (χ4v) is 5.06. The minimum atomic E-state index is -0.475. The smallest absolute Gasteiger partial charge is 0.410 e. The lowest BCUT2D eigenvalue weighted by atomic mass is 10.1. The first-order chi connectivity index (χ1) is 15.3. The number of rotatable bonds is 3. The van der Waals surface area contributed by atoms with E-state index in [1.165, 1.54) is 5.69 Å². The van der Waals surface area contributed by atoms with E-state index in [1.54, 1.807) is 0 Å². The van der Waals surface area contributed by atoms with Crippen molar-refractivity contribution in [3.63, 3.8) is 0 Å². The normalized spacial score (nSPS) is 21.3. The van der Waals surface area contributed by atoms with Gasteiger partial charge in [-0.1, -0.05) is 29.8 Å². The van der Waals surface area contributed by atoms with Crippen molar-refractivity contribution in [2.45, 2.75) is 57.8 Å². The van der Waals surface area contributed by atoms with Crippen molar-refractivity contribution in [2.24, 2.45) is 0 Å². The number of pyridine rings is 1. The van der Waals surface area contributed by atoms with E-state index in [2.05, 4.69) is 15.5 Å². The van der Waals surface area contributed by atoms with Crippen LogP contribution in [0.5, 0.6) is 0 Å². The molecule has 2 aliphatic heterocycles. The highest BCUT2D eigenvalue weighted by molar-refractivity contribution is 6.30. The Balaban J connectivity index is 1.43. The van der Waals surface area contributed by atoms with Crippen LogP contribution in [-0.4, -0.2) is 56.1 Å². The minimum Gasteiger partial charge on any atom is -0.444 e. The van der Waals surface area contributed by atoms with Crippen molar-refractivity contribution in [2.75, 3.05) is 13.1 Å². The molecule has 168 valence electrons. The van der Waals surface area contributed by atoms with Crippen LogP contribution in [0.1, 0.15) is 39.3 Å². The van der Waals surface area contributed by atoms with Gasteiger partial charge >= 0.3 is 6.09 Å². The van der Waals surface area contributed by atoms with E-state index in [4.69, 9.17) is 21.3 Å². The van der Waals surface area contributed by atoms with Crippen LogP contribution in [0, 0.1) is 0 Å². The summed E-state index contributed by atoms with van der Waals surface area (Å²) in [6.45, 7) is 7.95. The number of nitrogens with zero attached hydrogens (tertiary/aromatic N) is 4. The quantitative estimate of drug-likeness (QED) is 0.545. The number of likely N-dealkylation sites (tertiary alicyclic amines) is 1. The SMILES string of the molecule is CC(C)(C)OC(=O)N1CC2CCC(C1)N2Cc1c(-c2ccc(Cl)cc2)nc2ccccn12. The number of ether oxygens (including phenoxy) is 1. The maximum atomic E-state index is 12.7. The van der Waals surface area contributed by atoms with Gasteiger partial charge in [0.1, 0.15) is 11.2 Å². The van der Waals surface area contributed by atoms with Crippen molar-refractivity contribution in [3.05, 3.63) is 59.4 Å². The Morgan fingerprint density at radius 1 is 1.09 bits per heavy atom. The summed E-state index contributed by atoms with van der Waals surface area (Å²) in [6.07, 6.45) is 4.06. The lowest BCUT2D eigenvalue weighted by Gasteiger charge is -2.41. The Bertz CT molecular complexity index is 1120. The maximum absolute atomic E-state index is 12.7. The van der Waals surface area contributed by atoms with Crippen LogP contribution in [0.4, 0.5) is 4.79 Å². The van der Waals surface area contributed by atoms with E-state index >= 15 is 0 Å². The molecule has 2 aliphatic rings. The fraction of sp³-hybridized carbons (Fsp3) is 0.440. The molecular weight excluding hydrogens is 424 g/mol. The number of hydrogen-bond donors (Lipinski definition) is 0. The van der Waals surface area contributed by atoms with Gasteiger partial charge in [0, 0.05) is 48.5 Å². The van der Waals surface area contributed by atoms with Crippen LogP contribution in [0.25, 0.3) is 16.9 Å². The number of benzene rings is 1. The number of fused-ring (bicyclic) bond motifs is 3. The molecule has 1 amide bonds. The number of aromatic nitrogens is 2. The van der Waals surface area contributed by atoms with Crippen molar-refractivity contribution < 1.29 is 9.53 Å². The van der Waals surface area contributed by atoms with Gasteiger partial charge in [0.25, 0.3) is 0 Å². The van der Waals surface area contributed by atoms with Gasteiger partial charge in [0.05, 0.1) is 11.4 Å². The molecule has 1 aromatic carbocycles. The van der Waals surface area contributed by atoms with E-state index < -0.39 is 5.60 Å². The van der Waals surface area contributed by atoms with Crippen LogP contribution >= 0.6 is 11.6 Å². The predicted octanol–water partition coefficient (Wildman–Crippen LogP) is 5.24. The summed E-state index contributed by atoms with van der Waals surface area (Å²) in [7, 11) is 0. The maximum Gasteiger partial charge on any atom is 0.410 e. The third kappa shape index (κ3) is 4.09. The summed E-state index contributed by atoms with van der Waals surface area (Å²) in [5, 5.41) is 0.718. The summed E-state index contributed by atoms with van der Waals surface area (Å²) < 4.78 is 7.81. The Morgan fingerprint density at radius 3 is 2.44 bits per heavy atom. The highest BCUT2D eigenvalue weighted by Gasteiger charge is 2.42. The lowest BCUT2D eigenvalue weighted by Crippen LogP contribution is -2.55. The highest BCUT2D eigenvalue weighted by atomic mass is 35.5. The summed E-state index contributed by atoms with van der Waals surface area (Å²) in [4.78, 5) is 22.0. The van der Waals surface area contributed by atoms with Gasteiger partial charge in [-0.2, -0.15) is 0 Å². The predicted molar refractivity (Wildman–Crippen MR) is 126 cm³/mol.